The molecule has 0 radical (unpaired) electrons. The molecule has 154 valence electrons. The summed E-state index contributed by atoms with van der Waals surface area (Å²) in [4.78, 5) is 28.7. The van der Waals surface area contributed by atoms with Crippen molar-refractivity contribution in [2.45, 2.75) is 6.92 Å². The molecular weight excluding hydrogens is 394 g/mol. The van der Waals surface area contributed by atoms with E-state index in [1.165, 1.54) is 0 Å². The minimum Gasteiger partial charge on any atom is -0.495 e. The van der Waals surface area contributed by atoms with Crippen LogP contribution in [0.2, 0.25) is 0 Å². The van der Waals surface area contributed by atoms with E-state index in [4.69, 9.17) is 9.47 Å². The molecule has 8 nitrogen and oxygen atoms in total. The third-order valence-electron chi connectivity index (χ3n) is 5.08. The van der Waals surface area contributed by atoms with Crippen molar-refractivity contribution in [2.75, 3.05) is 13.7 Å². The summed E-state index contributed by atoms with van der Waals surface area (Å²) in [5.74, 6) is 1.25. The molecule has 0 aliphatic rings. The van der Waals surface area contributed by atoms with Crippen LogP contribution in [-0.4, -0.2) is 38.2 Å². The van der Waals surface area contributed by atoms with Crippen LogP contribution in [-0.2, 0) is 0 Å². The minimum absolute atomic E-state index is 0.302. The highest BCUT2D eigenvalue weighted by Gasteiger charge is 2.17. The van der Waals surface area contributed by atoms with Crippen LogP contribution in [0.3, 0.4) is 0 Å². The highest BCUT2D eigenvalue weighted by atomic mass is 16.5. The van der Waals surface area contributed by atoms with E-state index in [1.807, 2.05) is 37.3 Å². The fourth-order valence-electron chi connectivity index (χ4n) is 3.76. The van der Waals surface area contributed by atoms with Gasteiger partial charge in [0, 0.05) is 47.4 Å². The predicted octanol–water partition coefficient (Wildman–Crippen LogP) is 3.73. The summed E-state index contributed by atoms with van der Waals surface area (Å²) >= 11 is 0. The first-order valence-corrected chi connectivity index (χ1v) is 9.81. The number of imidazole rings is 1. The molecule has 0 spiro atoms. The molecule has 0 amide bonds. The van der Waals surface area contributed by atoms with Gasteiger partial charge in [0.25, 0.3) is 0 Å². The molecule has 8 heteroatoms. The van der Waals surface area contributed by atoms with Crippen molar-refractivity contribution in [1.82, 2.24) is 24.5 Å². The van der Waals surface area contributed by atoms with Gasteiger partial charge in [0.05, 0.1) is 24.9 Å². The zero-order chi connectivity index (χ0) is 21.4. The molecule has 5 rings (SSSR count). The van der Waals surface area contributed by atoms with Gasteiger partial charge in [0.2, 0.25) is 0 Å². The summed E-state index contributed by atoms with van der Waals surface area (Å²) in [7, 11) is 1.62. The maximum absolute atomic E-state index is 12.8. The molecular formula is C23H19N5O3. The smallest absolute Gasteiger partial charge is 0.332 e. The van der Waals surface area contributed by atoms with Gasteiger partial charge in [-0.3, -0.25) is 19.5 Å². The fraction of sp³-hybridized carbons (Fsp3) is 0.130. The Labute approximate surface area is 177 Å². The van der Waals surface area contributed by atoms with Crippen LogP contribution in [0.5, 0.6) is 11.5 Å². The zero-order valence-corrected chi connectivity index (χ0v) is 17.0. The Balaban J connectivity index is 1.78. The van der Waals surface area contributed by atoms with Crippen LogP contribution in [0.1, 0.15) is 6.92 Å². The number of hydrogen-bond donors (Lipinski definition) is 1. The average molecular weight is 413 g/mol. The lowest BCUT2D eigenvalue weighted by Crippen LogP contribution is -2.15. The van der Waals surface area contributed by atoms with Gasteiger partial charge in [-0.15, -0.1) is 0 Å². The Morgan fingerprint density at radius 1 is 1.10 bits per heavy atom. The Kier molecular flexibility index (Phi) is 4.59. The SMILES string of the molecule is CCOc1ccnc2[nH]c(=O)n(-c3ccc4ncc(-c5cccnc5)c(OC)c4c3)c12. The Hall–Kier alpha value is -4.20. The van der Waals surface area contributed by atoms with E-state index in [-0.39, 0.29) is 5.69 Å². The number of aromatic amines is 1. The van der Waals surface area contributed by atoms with Crippen LogP contribution < -0.4 is 15.2 Å². The molecule has 0 fully saturated rings. The van der Waals surface area contributed by atoms with Crippen molar-refractivity contribution in [2.24, 2.45) is 0 Å². The van der Waals surface area contributed by atoms with E-state index in [0.717, 1.165) is 22.0 Å². The quantitative estimate of drug-likeness (QED) is 0.472. The van der Waals surface area contributed by atoms with Crippen molar-refractivity contribution in [3.8, 4) is 28.3 Å². The first-order valence-electron chi connectivity index (χ1n) is 9.81. The number of H-pyrrole nitrogens is 1. The summed E-state index contributed by atoms with van der Waals surface area (Å²) < 4.78 is 13.1. The lowest BCUT2D eigenvalue weighted by molar-refractivity contribution is 0.343. The van der Waals surface area contributed by atoms with Crippen molar-refractivity contribution < 1.29 is 9.47 Å². The molecule has 1 aromatic carbocycles. The van der Waals surface area contributed by atoms with E-state index in [9.17, 15) is 4.79 Å². The summed E-state index contributed by atoms with van der Waals surface area (Å²) in [5.41, 5.74) is 3.87. The van der Waals surface area contributed by atoms with E-state index in [1.54, 1.807) is 42.5 Å². The van der Waals surface area contributed by atoms with Gasteiger partial charge in [-0.25, -0.2) is 9.78 Å². The summed E-state index contributed by atoms with van der Waals surface area (Å²) in [6.07, 6.45) is 6.86. The highest BCUT2D eigenvalue weighted by molar-refractivity contribution is 5.94. The van der Waals surface area contributed by atoms with E-state index in [2.05, 4.69) is 19.9 Å². The molecule has 0 saturated carbocycles. The van der Waals surface area contributed by atoms with Gasteiger partial charge in [-0.05, 0) is 31.2 Å². The highest BCUT2D eigenvalue weighted by Crippen LogP contribution is 2.36. The number of aromatic nitrogens is 5. The molecule has 0 saturated heterocycles. The normalized spacial score (nSPS) is 11.2. The molecule has 1 N–H and O–H groups in total. The van der Waals surface area contributed by atoms with E-state index < -0.39 is 0 Å². The second kappa shape index (κ2) is 7.56. The van der Waals surface area contributed by atoms with Crippen LogP contribution in [0.4, 0.5) is 0 Å². The summed E-state index contributed by atoms with van der Waals surface area (Å²) in [6, 6.07) is 11.2. The number of methoxy groups -OCH3 is 1. The Morgan fingerprint density at radius 2 is 2.00 bits per heavy atom. The van der Waals surface area contributed by atoms with Crippen molar-refractivity contribution >= 4 is 22.1 Å². The molecule has 0 bridgehead atoms. The second-order valence-corrected chi connectivity index (χ2v) is 6.85. The lowest BCUT2D eigenvalue weighted by Gasteiger charge is -2.13. The number of ether oxygens (including phenoxy) is 2. The average Bonchev–Trinajstić information content (AvgIpc) is 3.15. The molecule has 0 aliphatic heterocycles. The number of rotatable bonds is 5. The van der Waals surface area contributed by atoms with Gasteiger partial charge in [-0.1, -0.05) is 6.07 Å². The molecule has 0 unspecified atom stereocenters. The monoisotopic (exact) mass is 413 g/mol. The number of fused-ring (bicyclic) bond motifs is 2. The van der Waals surface area contributed by atoms with Gasteiger partial charge in [-0.2, -0.15) is 0 Å². The summed E-state index contributed by atoms with van der Waals surface area (Å²) in [6.45, 7) is 2.37. The zero-order valence-electron chi connectivity index (χ0n) is 17.0. The molecule has 0 aliphatic carbocycles. The maximum Gasteiger partial charge on any atom is 0.332 e. The van der Waals surface area contributed by atoms with Gasteiger partial charge >= 0.3 is 5.69 Å². The maximum atomic E-state index is 12.8. The van der Waals surface area contributed by atoms with Crippen LogP contribution in [0.15, 0.2) is 66.0 Å². The molecule has 4 heterocycles. The van der Waals surface area contributed by atoms with Crippen molar-refractivity contribution in [3.63, 3.8) is 0 Å². The third-order valence-corrected chi connectivity index (χ3v) is 5.08. The van der Waals surface area contributed by atoms with Crippen molar-refractivity contribution in [3.05, 3.63) is 71.7 Å². The Morgan fingerprint density at radius 3 is 2.77 bits per heavy atom. The number of hydrogen-bond acceptors (Lipinski definition) is 6. The van der Waals surface area contributed by atoms with Crippen LogP contribution >= 0.6 is 0 Å². The number of nitrogens with zero attached hydrogens (tertiary/aromatic N) is 4. The standard InChI is InChI=1S/C23H19N5O3/c1-3-31-19-8-10-25-22-20(19)28(23(29)27-22)15-6-7-18-16(11-15)21(30-2)17(13-26-18)14-5-4-9-24-12-14/h4-13H,3H2,1-2H3,(H,25,27,29). The van der Waals surface area contributed by atoms with Crippen LogP contribution in [0, 0.1) is 0 Å². The fourth-order valence-corrected chi connectivity index (χ4v) is 3.76. The molecule has 0 atom stereocenters. The largest absolute Gasteiger partial charge is 0.495 e. The van der Waals surface area contributed by atoms with Gasteiger partial charge < -0.3 is 9.47 Å². The molecule has 5 aromatic rings. The Bertz CT molecular complexity index is 1460. The number of benzene rings is 1. The second-order valence-electron chi connectivity index (χ2n) is 6.85. The van der Waals surface area contributed by atoms with Gasteiger partial charge in [0.1, 0.15) is 17.0 Å². The predicted molar refractivity (Wildman–Crippen MR) is 118 cm³/mol. The topological polar surface area (TPSA) is 94.9 Å². The molecule has 4 aromatic heterocycles. The van der Waals surface area contributed by atoms with Crippen LogP contribution in [0.25, 0.3) is 38.9 Å². The molecule has 31 heavy (non-hydrogen) atoms. The first-order chi connectivity index (χ1) is 15.2. The number of nitrogens with one attached hydrogen (secondary N) is 1. The third kappa shape index (κ3) is 3.09. The number of pyridine rings is 3. The van der Waals surface area contributed by atoms with Gasteiger partial charge in [0.15, 0.2) is 5.65 Å². The summed E-state index contributed by atoms with van der Waals surface area (Å²) in [5, 5.41) is 0.782. The van der Waals surface area contributed by atoms with E-state index >= 15 is 0 Å². The minimum atomic E-state index is -0.302. The van der Waals surface area contributed by atoms with E-state index in [0.29, 0.717) is 35.0 Å². The first kappa shape index (κ1) is 18.8. The van der Waals surface area contributed by atoms with Crippen molar-refractivity contribution in [1.29, 1.82) is 0 Å². The lowest BCUT2D eigenvalue weighted by atomic mass is 10.0.